The third-order valence-corrected chi connectivity index (χ3v) is 3.14. The zero-order valence-corrected chi connectivity index (χ0v) is 9.59. The van der Waals surface area contributed by atoms with Gasteiger partial charge in [-0.05, 0) is 37.8 Å². The molecule has 1 saturated heterocycles. The van der Waals surface area contributed by atoms with Gasteiger partial charge in [0.25, 0.3) is 0 Å². The van der Waals surface area contributed by atoms with Crippen molar-refractivity contribution in [2.24, 2.45) is 11.8 Å². The normalized spacial score (nSPS) is 19.5. The molecule has 1 aliphatic rings. The summed E-state index contributed by atoms with van der Waals surface area (Å²) < 4.78 is 0. The molecule has 1 unspecified atom stereocenters. The summed E-state index contributed by atoms with van der Waals surface area (Å²) in [5, 5.41) is 6.17. The van der Waals surface area contributed by atoms with Crippen LogP contribution in [0.3, 0.4) is 0 Å². The summed E-state index contributed by atoms with van der Waals surface area (Å²) in [5.74, 6) is 1.36. The number of hydrogen-bond donors (Lipinski definition) is 2. The zero-order chi connectivity index (χ0) is 11.1. The smallest absolute Gasteiger partial charge is 0.220 e. The molecule has 1 amide bonds. The van der Waals surface area contributed by atoms with Gasteiger partial charge in [0, 0.05) is 13.0 Å². The predicted octanol–water partition coefficient (Wildman–Crippen LogP) is 1.31. The van der Waals surface area contributed by atoms with Crippen LogP contribution < -0.4 is 10.6 Å². The second-order valence-electron chi connectivity index (χ2n) is 4.36. The Labute approximate surface area is 92.3 Å². The highest BCUT2D eigenvalue weighted by Crippen LogP contribution is 2.23. The lowest BCUT2D eigenvalue weighted by Gasteiger charge is -2.27. The lowest BCUT2D eigenvalue weighted by atomic mass is 9.84. The Morgan fingerprint density at radius 1 is 1.60 bits per heavy atom. The summed E-state index contributed by atoms with van der Waals surface area (Å²) in [6.45, 7) is 8.54. The van der Waals surface area contributed by atoms with Gasteiger partial charge < -0.3 is 10.6 Å². The van der Waals surface area contributed by atoms with Gasteiger partial charge in [-0.15, -0.1) is 6.58 Å². The van der Waals surface area contributed by atoms with Gasteiger partial charge in [0.15, 0.2) is 0 Å². The van der Waals surface area contributed by atoms with Gasteiger partial charge in [-0.3, -0.25) is 4.79 Å². The molecule has 3 heteroatoms. The summed E-state index contributed by atoms with van der Waals surface area (Å²) in [4.78, 5) is 11.5. The molecule has 0 aromatic rings. The van der Waals surface area contributed by atoms with Crippen molar-refractivity contribution in [1.82, 2.24) is 10.6 Å². The topological polar surface area (TPSA) is 41.1 Å². The molecule has 2 N–H and O–H groups in total. The standard InChI is InChI=1S/C12H22N2O/c1-3-6-14-12(15)9-10(2)11-4-7-13-8-5-11/h3,10-11,13H,1,4-9H2,2H3,(H,14,15). The molecule has 86 valence electrons. The highest BCUT2D eigenvalue weighted by atomic mass is 16.1. The molecule has 1 atom stereocenters. The van der Waals surface area contributed by atoms with Crippen LogP contribution >= 0.6 is 0 Å². The maximum absolute atomic E-state index is 11.5. The van der Waals surface area contributed by atoms with Crippen molar-refractivity contribution in [3.63, 3.8) is 0 Å². The molecule has 1 rings (SSSR count). The predicted molar refractivity (Wildman–Crippen MR) is 62.6 cm³/mol. The Morgan fingerprint density at radius 2 is 2.27 bits per heavy atom. The fourth-order valence-electron chi connectivity index (χ4n) is 2.13. The number of rotatable bonds is 5. The fraction of sp³-hybridized carbons (Fsp3) is 0.750. The molecule has 1 aliphatic heterocycles. The second-order valence-corrected chi connectivity index (χ2v) is 4.36. The van der Waals surface area contributed by atoms with Crippen LogP contribution in [0.4, 0.5) is 0 Å². The van der Waals surface area contributed by atoms with E-state index < -0.39 is 0 Å². The van der Waals surface area contributed by atoms with E-state index in [9.17, 15) is 4.79 Å². The molecule has 0 radical (unpaired) electrons. The molecule has 0 aliphatic carbocycles. The number of amides is 1. The summed E-state index contributed by atoms with van der Waals surface area (Å²) in [6, 6.07) is 0. The van der Waals surface area contributed by atoms with Gasteiger partial charge >= 0.3 is 0 Å². The van der Waals surface area contributed by atoms with Crippen molar-refractivity contribution in [2.45, 2.75) is 26.2 Å². The van der Waals surface area contributed by atoms with Crippen molar-refractivity contribution < 1.29 is 4.79 Å². The molecule has 0 spiro atoms. The van der Waals surface area contributed by atoms with Crippen LogP contribution in [0.5, 0.6) is 0 Å². The monoisotopic (exact) mass is 210 g/mol. The molecular formula is C12H22N2O. The first-order valence-corrected chi connectivity index (χ1v) is 5.82. The minimum absolute atomic E-state index is 0.154. The van der Waals surface area contributed by atoms with Crippen molar-refractivity contribution in [2.75, 3.05) is 19.6 Å². The molecule has 1 fully saturated rings. The lowest BCUT2D eigenvalue weighted by molar-refractivity contribution is -0.122. The molecule has 3 nitrogen and oxygen atoms in total. The minimum atomic E-state index is 0.154. The van der Waals surface area contributed by atoms with E-state index in [1.165, 1.54) is 12.8 Å². The quantitative estimate of drug-likeness (QED) is 0.672. The third kappa shape index (κ3) is 4.47. The van der Waals surface area contributed by atoms with E-state index in [1.807, 2.05) is 0 Å². The van der Waals surface area contributed by atoms with Gasteiger partial charge in [-0.1, -0.05) is 13.0 Å². The minimum Gasteiger partial charge on any atom is -0.353 e. The Morgan fingerprint density at radius 3 is 2.87 bits per heavy atom. The fourth-order valence-corrected chi connectivity index (χ4v) is 2.13. The van der Waals surface area contributed by atoms with E-state index in [0.717, 1.165) is 13.1 Å². The first kappa shape index (κ1) is 12.2. The van der Waals surface area contributed by atoms with Crippen LogP contribution in [-0.2, 0) is 4.79 Å². The average molecular weight is 210 g/mol. The van der Waals surface area contributed by atoms with E-state index >= 15 is 0 Å². The number of hydrogen-bond acceptors (Lipinski definition) is 2. The van der Waals surface area contributed by atoms with Gasteiger partial charge in [0.05, 0.1) is 0 Å². The van der Waals surface area contributed by atoms with Crippen LogP contribution in [0.2, 0.25) is 0 Å². The van der Waals surface area contributed by atoms with E-state index in [-0.39, 0.29) is 5.91 Å². The van der Waals surface area contributed by atoms with Crippen LogP contribution in [0.15, 0.2) is 12.7 Å². The van der Waals surface area contributed by atoms with E-state index in [1.54, 1.807) is 6.08 Å². The van der Waals surface area contributed by atoms with Crippen molar-refractivity contribution in [3.05, 3.63) is 12.7 Å². The first-order chi connectivity index (χ1) is 7.24. The highest BCUT2D eigenvalue weighted by molar-refractivity contribution is 5.76. The SMILES string of the molecule is C=CCNC(=O)CC(C)C1CCNCC1. The number of carbonyl (C=O) groups is 1. The van der Waals surface area contributed by atoms with Gasteiger partial charge in [0.1, 0.15) is 0 Å². The molecule has 0 aromatic heterocycles. The lowest BCUT2D eigenvalue weighted by Crippen LogP contribution is -2.33. The zero-order valence-electron chi connectivity index (χ0n) is 9.59. The Kier molecular flexibility index (Phi) is 5.40. The third-order valence-electron chi connectivity index (χ3n) is 3.14. The summed E-state index contributed by atoms with van der Waals surface area (Å²) in [7, 11) is 0. The largest absolute Gasteiger partial charge is 0.353 e. The Bertz CT molecular complexity index is 210. The van der Waals surface area contributed by atoms with Gasteiger partial charge in [-0.2, -0.15) is 0 Å². The van der Waals surface area contributed by atoms with Crippen LogP contribution in [0.25, 0.3) is 0 Å². The second kappa shape index (κ2) is 6.62. The number of piperidine rings is 1. The van der Waals surface area contributed by atoms with E-state index in [2.05, 4.69) is 24.1 Å². The highest BCUT2D eigenvalue weighted by Gasteiger charge is 2.21. The van der Waals surface area contributed by atoms with Crippen LogP contribution in [0, 0.1) is 11.8 Å². The maximum Gasteiger partial charge on any atom is 0.220 e. The van der Waals surface area contributed by atoms with Crippen molar-refractivity contribution in [1.29, 1.82) is 0 Å². The molecule has 0 aromatic carbocycles. The summed E-state index contributed by atoms with van der Waals surface area (Å²) >= 11 is 0. The molecular weight excluding hydrogens is 188 g/mol. The van der Waals surface area contributed by atoms with Crippen LogP contribution in [0.1, 0.15) is 26.2 Å². The molecule has 0 saturated carbocycles. The van der Waals surface area contributed by atoms with Gasteiger partial charge in [-0.25, -0.2) is 0 Å². The van der Waals surface area contributed by atoms with Crippen molar-refractivity contribution in [3.8, 4) is 0 Å². The average Bonchev–Trinajstić information content (AvgIpc) is 2.27. The number of nitrogens with one attached hydrogen (secondary N) is 2. The van der Waals surface area contributed by atoms with E-state index in [0.29, 0.717) is 24.8 Å². The Balaban J connectivity index is 2.23. The first-order valence-electron chi connectivity index (χ1n) is 5.82. The van der Waals surface area contributed by atoms with E-state index in [4.69, 9.17) is 0 Å². The van der Waals surface area contributed by atoms with Gasteiger partial charge in [0.2, 0.25) is 5.91 Å². The Hall–Kier alpha value is -0.830. The van der Waals surface area contributed by atoms with Crippen molar-refractivity contribution >= 4 is 5.91 Å². The summed E-state index contributed by atoms with van der Waals surface area (Å²) in [5.41, 5.74) is 0. The maximum atomic E-state index is 11.5. The molecule has 1 heterocycles. The number of carbonyl (C=O) groups excluding carboxylic acids is 1. The molecule has 15 heavy (non-hydrogen) atoms. The molecule has 0 bridgehead atoms. The van der Waals surface area contributed by atoms with Crippen LogP contribution in [-0.4, -0.2) is 25.5 Å². The summed E-state index contributed by atoms with van der Waals surface area (Å²) in [6.07, 6.45) is 4.78.